The molecule has 0 atom stereocenters. The van der Waals surface area contributed by atoms with E-state index < -0.39 is 0 Å². The lowest BCUT2D eigenvalue weighted by Gasteiger charge is -2.36. The lowest BCUT2D eigenvalue weighted by molar-refractivity contribution is -0.123. The second kappa shape index (κ2) is 4.94. The maximum Gasteiger partial charge on any atom is 0.234 e. The Morgan fingerprint density at radius 2 is 2.07 bits per heavy atom. The van der Waals surface area contributed by atoms with Crippen molar-refractivity contribution in [1.29, 1.82) is 0 Å². The van der Waals surface area contributed by atoms with Crippen molar-refractivity contribution in [2.24, 2.45) is 0 Å². The number of hydrogen-bond acceptors (Lipinski definition) is 3. The van der Waals surface area contributed by atoms with Crippen LogP contribution < -0.4 is 5.32 Å². The van der Waals surface area contributed by atoms with E-state index in [1.807, 2.05) is 0 Å². The van der Waals surface area contributed by atoms with Gasteiger partial charge < -0.3 is 10.4 Å². The van der Waals surface area contributed by atoms with Gasteiger partial charge in [-0.25, -0.2) is 0 Å². The van der Waals surface area contributed by atoms with Gasteiger partial charge in [-0.3, -0.25) is 9.69 Å². The van der Waals surface area contributed by atoms with E-state index in [4.69, 9.17) is 5.11 Å². The van der Waals surface area contributed by atoms with Gasteiger partial charge in [0.05, 0.1) is 13.2 Å². The summed E-state index contributed by atoms with van der Waals surface area (Å²) < 4.78 is 0. The minimum Gasteiger partial charge on any atom is -0.395 e. The molecule has 2 aliphatic rings. The minimum absolute atomic E-state index is 0.123. The van der Waals surface area contributed by atoms with Crippen molar-refractivity contribution in [3.8, 4) is 0 Å². The van der Waals surface area contributed by atoms with Crippen molar-refractivity contribution in [2.75, 3.05) is 19.7 Å². The van der Waals surface area contributed by atoms with E-state index in [1.165, 1.54) is 19.3 Å². The number of nitrogens with zero attached hydrogens (tertiary/aromatic N) is 1. The van der Waals surface area contributed by atoms with Crippen molar-refractivity contribution < 1.29 is 9.90 Å². The van der Waals surface area contributed by atoms with E-state index in [2.05, 4.69) is 10.2 Å². The van der Waals surface area contributed by atoms with E-state index in [0.29, 0.717) is 25.2 Å². The second-order valence-electron chi connectivity index (χ2n) is 4.62. The van der Waals surface area contributed by atoms with Crippen molar-refractivity contribution >= 4 is 5.91 Å². The van der Waals surface area contributed by atoms with E-state index in [1.54, 1.807) is 0 Å². The van der Waals surface area contributed by atoms with E-state index in [0.717, 1.165) is 12.8 Å². The molecule has 0 aromatic rings. The topological polar surface area (TPSA) is 52.6 Å². The summed E-state index contributed by atoms with van der Waals surface area (Å²) in [5.74, 6) is 0.123. The van der Waals surface area contributed by atoms with Crippen LogP contribution >= 0.6 is 0 Å². The molecule has 0 aromatic heterocycles. The Bertz CT molecular complexity index is 225. The monoisotopic (exact) mass is 212 g/mol. The molecule has 2 rings (SSSR count). The molecule has 15 heavy (non-hydrogen) atoms. The standard InChI is InChI=1S/C11H20N2O2/c14-7-6-13(10-2-1-3-10)8-11(15)12-9-4-5-9/h9-10,14H,1-8H2,(H,12,15). The highest BCUT2D eigenvalue weighted by molar-refractivity contribution is 5.78. The SMILES string of the molecule is O=C(CN(CCO)C1CCC1)NC1CC1. The first-order chi connectivity index (χ1) is 7.29. The van der Waals surface area contributed by atoms with Gasteiger partial charge in [-0.15, -0.1) is 0 Å². The molecule has 0 bridgehead atoms. The van der Waals surface area contributed by atoms with Gasteiger partial charge in [-0.1, -0.05) is 6.42 Å². The zero-order valence-corrected chi connectivity index (χ0v) is 9.11. The van der Waals surface area contributed by atoms with Gasteiger partial charge in [0, 0.05) is 18.6 Å². The quantitative estimate of drug-likeness (QED) is 0.657. The predicted molar refractivity (Wildman–Crippen MR) is 57.5 cm³/mol. The van der Waals surface area contributed by atoms with E-state index >= 15 is 0 Å². The van der Waals surface area contributed by atoms with Crippen molar-refractivity contribution in [2.45, 2.75) is 44.2 Å². The number of rotatable bonds is 6. The summed E-state index contributed by atoms with van der Waals surface area (Å²) in [6.07, 6.45) is 5.88. The third-order valence-corrected chi connectivity index (χ3v) is 3.27. The Balaban J connectivity index is 1.73. The Morgan fingerprint density at radius 1 is 1.33 bits per heavy atom. The summed E-state index contributed by atoms with van der Waals surface area (Å²) in [5.41, 5.74) is 0. The van der Waals surface area contributed by atoms with Crippen LogP contribution in [0.4, 0.5) is 0 Å². The third kappa shape index (κ3) is 3.18. The van der Waals surface area contributed by atoms with Gasteiger partial charge in [0.25, 0.3) is 0 Å². The zero-order chi connectivity index (χ0) is 10.7. The normalized spacial score (nSPS) is 21.5. The van der Waals surface area contributed by atoms with Gasteiger partial charge in [-0.05, 0) is 25.7 Å². The van der Waals surface area contributed by atoms with Crippen LogP contribution in [0.25, 0.3) is 0 Å². The highest BCUT2D eigenvalue weighted by Crippen LogP contribution is 2.24. The van der Waals surface area contributed by atoms with Crippen LogP contribution in [-0.4, -0.2) is 47.7 Å². The van der Waals surface area contributed by atoms with Gasteiger partial charge in [-0.2, -0.15) is 0 Å². The number of nitrogens with one attached hydrogen (secondary N) is 1. The summed E-state index contributed by atoms with van der Waals surface area (Å²) in [6.45, 7) is 1.23. The average molecular weight is 212 g/mol. The van der Waals surface area contributed by atoms with Crippen LogP contribution in [0, 0.1) is 0 Å². The molecular formula is C11H20N2O2. The van der Waals surface area contributed by atoms with Gasteiger partial charge >= 0.3 is 0 Å². The molecule has 0 saturated heterocycles. The number of carbonyl (C=O) groups is 1. The van der Waals surface area contributed by atoms with Crippen LogP contribution in [0.5, 0.6) is 0 Å². The predicted octanol–water partition coefficient (Wildman–Crippen LogP) is 0.112. The molecule has 0 aliphatic heterocycles. The van der Waals surface area contributed by atoms with Crippen molar-refractivity contribution in [3.63, 3.8) is 0 Å². The number of carbonyl (C=O) groups excluding carboxylic acids is 1. The Hall–Kier alpha value is -0.610. The van der Waals surface area contributed by atoms with Gasteiger partial charge in [0.15, 0.2) is 0 Å². The summed E-state index contributed by atoms with van der Waals surface area (Å²) in [5, 5.41) is 11.9. The highest BCUT2D eigenvalue weighted by Gasteiger charge is 2.28. The van der Waals surface area contributed by atoms with Crippen LogP contribution in [0.1, 0.15) is 32.1 Å². The Kier molecular flexibility index (Phi) is 3.59. The molecule has 4 heteroatoms. The first-order valence-electron chi connectivity index (χ1n) is 5.94. The van der Waals surface area contributed by atoms with Crippen LogP contribution in [0.2, 0.25) is 0 Å². The molecule has 2 N–H and O–H groups in total. The van der Waals surface area contributed by atoms with Crippen molar-refractivity contribution in [1.82, 2.24) is 10.2 Å². The Morgan fingerprint density at radius 3 is 2.53 bits per heavy atom. The molecule has 86 valence electrons. The minimum atomic E-state index is 0.123. The number of hydrogen-bond donors (Lipinski definition) is 2. The van der Waals surface area contributed by atoms with Gasteiger partial charge in [0.2, 0.25) is 5.91 Å². The molecule has 0 spiro atoms. The summed E-state index contributed by atoms with van der Waals surface area (Å²) in [7, 11) is 0. The van der Waals surface area contributed by atoms with Crippen molar-refractivity contribution in [3.05, 3.63) is 0 Å². The number of amides is 1. The summed E-state index contributed by atoms with van der Waals surface area (Å²) in [6, 6.07) is 0.969. The molecule has 0 heterocycles. The van der Waals surface area contributed by atoms with Crippen LogP contribution in [0.15, 0.2) is 0 Å². The van der Waals surface area contributed by atoms with Gasteiger partial charge in [0.1, 0.15) is 0 Å². The molecular weight excluding hydrogens is 192 g/mol. The molecule has 2 aliphatic carbocycles. The largest absolute Gasteiger partial charge is 0.395 e. The fraction of sp³-hybridized carbons (Fsp3) is 0.909. The molecule has 0 radical (unpaired) electrons. The fourth-order valence-electron chi connectivity index (χ4n) is 1.96. The fourth-order valence-corrected chi connectivity index (χ4v) is 1.96. The average Bonchev–Trinajstić information content (AvgIpc) is 2.85. The molecule has 0 aromatic carbocycles. The first kappa shape index (κ1) is 10.9. The molecule has 1 amide bonds. The third-order valence-electron chi connectivity index (χ3n) is 3.27. The van der Waals surface area contributed by atoms with E-state index in [-0.39, 0.29) is 12.5 Å². The highest BCUT2D eigenvalue weighted by atomic mass is 16.3. The number of aliphatic hydroxyl groups is 1. The zero-order valence-electron chi connectivity index (χ0n) is 9.11. The molecule has 4 nitrogen and oxygen atoms in total. The molecule has 2 saturated carbocycles. The lowest BCUT2D eigenvalue weighted by atomic mass is 9.91. The maximum atomic E-state index is 11.6. The maximum absolute atomic E-state index is 11.6. The molecule has 2 fully saturated rings. The van der Waals surface area contributed by atoms with Crippen LogP contribution in [-0.2, 0) is 4.79 Å². The van der Waals surface area contributed by atoms with E-state index in [9.17, 15) is 4.79 Å². The number of aliphatic hydroxyl groups excluding tert-OH is 1. The lowest BCUT2D eigenvalue weighted by Crippen LogP contribution is -2.47. The van der Waals surface area contributed by atoms with Crippen LogP contribution in [0.3, 0.4) is 0 Å². The summed E-state index contributed by atoms with van der Waals surface area (Å²) in [4.78, 5) is 13.7. The summed E-state index contributed by atoms with van der Waals surface area (Å²) >= 11 is 0. The smallest absolute Gasteiger partial charge is 0.234 e. The second-order valence-corrected chi connectivity index (χ2v) is 4.62. The Labute approximate surface area is 90.6 Å². The first-order valence-corrected chi connectivity index (χ1v) is 5.94. The molecule has 0 unspecified atom stereocenters.